The number of piperidine rings is 1. The second-order valence-electron chi connectivity index (χ2n) is 9.84. The first-order valence-corrected chi connectivity index (χ1v) is 11.8. The topological polar surface area (TPSA) is 47.3 Å². The normalized spacial score (nSPS) is 32.8. The summed E-state index contributed by atoms with van der Waals surface area (Å²) >= 11 is 0. The van der Waals surface area contributed by atoms with Crippen LogP contribution in [-0.4, -0.2) is 36.5 Å². The molecule has 29 heavy (non-hydrogen) atoms. The van der Waals surface area contributed by atoms with E-state index in [1.165, 1.54) is 45.1 Å². The summed E-state index contributed by atoms with van der Waals surface area (Å²) < 4.78 is 0. The summed E-state index contributed by atoms with van der Waals surface area (Å²) in [5, 5.41) is 9.19. The lowest BCUT2D eigenvalue weighted by atomic mass is 9.67. The molecule has 4 aliphatic rings. The fraction of sp³-hybridized carbons (Fsp3) is 0.680. The van der Waals surface area contributed by atoms with Gasteiger partial charge in [0.25, 0.3) is 0 Å². The van der Waals surface area contributed by atoms with Crippen LogP contribution in [0.2, 0.25) is 0 Å². The summed E-state index contributed by atoms with van der Waals surface area (Å²) in [5.74, 6) is 2.78. The molecule has 2 aliphatic carbocycles. The first kappa shape index (κ1) is 19.1. The van der Waals surface area contributed by atoms with Crippen LogP contribution >= 0.6 is 0 Å². The molecule has 154 valence electrons. The summed E-state index contributed by atoms with van der Waals surface area (Å²) in [6.07, 6.45) is 11.2. The second-order valence-corrected chi connectivity index (χ2v) is 9.84. The van der Waals surface area contributed by atoms with Gasteiger partial charge >= 0.3 is 0 Å². The third-order valence-electron chi connectivity index (χ3n) is 8.25. The number of fused-ring (bicyclic) bond motifs is 3. The largest absolute Gasteiger partial charge is 0.308 e. The van der Waals surface area contributed by atoms with E-state index in [1.54, 1.807) is 0 Å². The predicted molar refractivity (Wildman–Crippen MR) is 115 cm³/mol. The Morgan fingerprint density at radius 1 is 1.03 bits per heavy atom. The van der Waals surface area contributed by atoms with E-state index in [2.05, 4.69) is 17.0 Å². The van der Waals surface area contributed by atoms with Crippen LogP contribution in [0.5, 0.6) is 0 Å². The third kappa shape index (κ3) is 3.59. The molecule has 1 aromatic carbocycles. The molecule has 4 atom stereocenters. The SMILES string of the molecule is N#CCC1C(=O)N(C2CCN(CC3CCC4CCCC3C4)CC2)c2ccccc21. The minimum Gasteiger partial charge on any atom is -0.308 e. The van der Waals surface area contributed by atoms with E-state index in [9.17, 15) is 10.1 Å². The second kappa shape index (κ2) is 8.11. The molecule has 5 rings (SSSR count). The summed E-state index contributed by atoms with van der Waals surface area (Å²) in [6, 6.07) is 10.6. The van der Waals surface area contributed by atoms with Crippen LogP contribution in [0.15, 0.2) is 24.3 Å². The van der Waals surface area contributed by atoms with Gasteiger partial charge in [-0.15, -0.1) is 0 Å². The van der Waals surface area contributed by atoms with Gasteiger partial charge in [0.1, 0.15) is 0 Å². The minimum atomic E-state index is -0.268. The molecule has 3 fully saturated rings. The molecule has 1 amide bonds. The van der Waals surface area contributed by atoms with Gasteiger partial charge in [0.2, 0.25) is 5.91 Å². The van der Waals surface area contributed by atoms with Crippen LogP contribution in [-0.2, 0) is 4.79 Å². The first-order valence-electron chi connectivity index (χ1n) is 11.8. The Morgan fingerprint density at radius 2 is 1.86 bits per heavy atom. The summed E-state index contributed by atoms with van der Waals surface area (Å²) in [4.78, 5) is 17.8. The number of nitrogens with zero attached hydrogens (tertiary/aromatic N) is 3. The lowest BCUT2D eigenvalue weighted by Crippen LogP contribution is -2.48. The Morgan fingerprint density at radius 3 is 2.69 bits per heavy atom. The molecule has 0 N–H and O–H groups in total. The van der Waals surface area contributed by atoms with Crippen molar-refractivity contribution < 1.29 is 4.79 Å². The quantitative estimate of drug-likeness (QED) is 0.747. The molecule has 2 heterocycles. The van der Waals surface area contributed by atoms with Crippen LogP contribution in [0.25, 0.3) is 0 Å². The molecule has 4 nitrogen and oxygen atoms in total. The highest BCUT2D eigenvalue weighted by Gasteiger charge is 2.41. The van der Waals surface area contributed by atoms with E-state index in [4.69, 9.17) is 0 Å². The number of carbonyl (C=O) groups is 1. The zero-order valence-corrected chi connectivity index (χ0v) is 17.4. The predicted octanol–water partition coefficient (Wildman–Crippen LogP) is 4.71. The van der Waals surface area contributed by atoms with E-state index in [1.807, 2.05) is 23.1 Å². The van der Waals surface area contributed by atoms with Crippen LogP contribution in [0.4, 0.5) is 5.69 Å². The molecular weight excluding hydrogens is 358 g/mol. The zero-order chi connectivity index (χ0) is 19.8. The maximum atomic E-state index is 13.1. The van der Waals surface area contributed by atoms with E-state index < -0.39 is 0 Å². The molecule has 2 saturated carbocycles. The molecular formula is C25H33N3O. The molecule has 2 aliphatic heterocycles. The van der Waals surface area contributed by atoms with Gasteiger partial charge in [0, 0.05) is 31.4 Å². The monoisotopic (exact) mass is 391 g/mol. The molecule has 0 radical (unpaired) electrons. The summed E-state index contributed by atoms with van der Waals surface area (Å²) in [7, 11) is 0. The number of para-hydroxylation sites is 1. The highest BCUT2D eigenvalue weighted by atomic mass is 16.2. The van der Waals surface area contributed by atoms with Gasteiger partial charge in [-0.3, -0.25) is 4.79 Å². The minimum absolute atomic E-state index is 0.145. The number of hydrogen-bond acceptors (Lipinski definition) is 3. The summed E-state index contributed by atoms with van der Waals surface area (Å²) in [6.45, 7) is 3.48. The highest BCUT2D eigenvalue weighted by molar-refractivity contribution is 6.05. The maximum absolute atomic E-state index is 13.1. The van der Waals surface area contributed by atoms with Crippen LogP contribution < -0.4 is 4.90 Å². The Bertz CT molecular complexity index is 792. The number of nitriles is 1. The Labute approximate surface area is 174 Å². The van der Waals surface area contributed by atoms with Gasteiger partial charge in [-0.25, -0.2) is 0 Å². The van der Waals surface area contributed by atoms with E-state index in [0.717, 1.165) is 54.9 Å². The molecule has 4 heteroatoms. The number of benzene rings is 1. The number of rotatable bonds is 4. The maximum Gasteiger partial charge on any atom is 0.235 e. The highest BCUT2D eigenvalue weighted by Crippen LogP contribution is 2.44. The van der Waals surface area contributed by atoms with Crippen molar-refractivity contribution in [1.29, 1.82) is 5.26 Å². The van der Waals surface area contributed by atoms with Crippen molar-refractivity contribution in [2.24, 2.45) is 17.8 Å². The standard InChI is InChI=1S/C25H33N3O/c26-13-10-23-22-6-1-2-7-24(22)28(25(23)29)21-11-14-27(15-12-21)17-20-9-8-18-4-3-5-19(20)16-18/h1-2,6-7,18-21,23H,3-5,8-12,14-17H2. The Balaban J connectivity index is 1.22. The van der Waals surface area contributed by atoms with Gasteiger partial charge in [-0.2, -0.15) is 5.26 Å². The average Bonchev–Trinajstić information content (AvgIpc) is 3.03. The van der Waals surface area contributed by atoms with Crippen molar-refractivity contribution in [2.75, 3.05) is 24.5 Å². The number of amides is 1. The molecule has 1 saturated heterocycles. The van der Waals surface area contributed by atoms with Gasteiger partial charge in [0.15, 0.2) is 0 Å². The molecule has 2 bridgehead atoms. The number of likely N-dealkylation sites (tertiary alicyclic amines) is 1. The van der Waals surface area contributed by atoms with Crippen molar-refractivity contribution in [3.05, 3.63) is 29.8 Å². The first-order chi connectivity index (χ1) is 14.2. The Hall–Kier alpha value is -1.86. The van der Waals surface area contributed by atoms with Crippen molar-refractivity contribution >= 4 is 11.6 Å². The van der Waals surface area contributed by atoms with Crippen LogP contribution in [0.1, 0.15) is 69.3 Å². The van der Waals surface area contributed by atoms with Crippen molar-refractivity contribution in [2.45, 2.75) is 69.7 Å². The lowest BCUT2D eigenvalue weighted by molar-refractivity contribution is -0.119. The zero-order valence-electron chi connectivity index (χ0n) is 17.4. The smallest absolute Gasteiger partial charge is 0.235 e. The van der Waals surface area contributed by atoms with Gasteiger partial charge in [-0.05, 0) is 55.1 Å². The van der Waals surface area contributed by atoms with Crippen molar-refractivity contribution in [1.82, 2.24) is 4.90 Å². The van der Waals surface area contributed by atoms with E-state index in [-0.39, 0.29) is 24.3 Å². The van der Waals surface area contributed by atoms with Crippen LogP contribution in [0, 0.1) is 29.1 Å². The molecule has 4 unspecified atom stereocenters. The van der Waals surface area contributed by atoms with Gasteiger partial charge in [0.05, 0.1) is 18.4 Å². The number of hydrogen-bond donors (Lipinski definition) is 0. The van der Waals surface area contributed by atoms with E-state index in [0.29, 0.717) is 0 Å². The fourth-order valence-corrected chi connectivity index (χ4v) is 6.73. The molecule has 1 aromatic rings. The van der Waals surface area contributed by atoms with Crippen molar-refractivity contribution in [3.8, 4) is 6.07 Å². The van der Waals surface area contributed by atoms with Gasteiger partial charge in [-0.1, -0.05) is 43.9 Å². The summed E-state index contributed by atoms with van der Waals surface area (Å²) in [5.41, 5.74) is 2.10. The van der Waals surface area contributed by atoms with Crippen LogP contribution in [0.3, 0.4) is 0 Å². The molecule has 0 aromatic heterocycles. The Kier molecular flexibility index (Phi) is 5.35. The van der Waals surface area contributed by atoms with Gasteiger partial charge < -0.3 is 9.80 Å². The number of anilines is 1. The third-order valence-corrected chi connectivity index (χ3v) is 8.25. The van der Waals surface area contributed by atoms with Crippen molar-refractivity contribution in [3.63, 3.8) is 0 Å². The number of carbonyl (C=O) groups excluding carboxylic acids is 1. The molecule has 0 spiro atoms. The fourth-order valence-electron chi connectivity index (χ4n) is 6.73. The lowest BCUT2D eigenvalue weighted by Gasteiger charge is -2.44. The van der Waals surface area contributed by atoms with E-state index >= 15 is 0 Å². The average molecular weight is 392 g/mol.